The molecule has 17 heavy (non-hydrogen) atoms. The maximum absolute atomic E-state index is 12.2. The molecule has 0 saturated carbocycles. The lowest BCUT2D eigenvalue weighted by Gasteiger charge is -2.02. The Morgan fingerprint density at radius 1 is 1.18 bits per heavy atom. The number of aryl methyl sites for hydroxylation is 2. The molecule has 0 radical (unpaired) electrons. The second-order valence-electron chi connectivity index (χ2n) is 4.21. The standard InChI is InChI=1S/C15H16OS/c1-3-13-8-9-17-15(13)14(16)10-12-6-4-11(2)5-7-12/h4-9H,3,10H2,1-2H3. The minimum Gasteiger partial charge on any atom is -0.293 e. The summed E-state index contributed by atoms with van der Waals surface area (Å²) in [7, 11) is 0. The molecular formula is C15H16OS. The normalized spacial score (nSPS) is 10.5. The highest BCUT2D eigenvalue weighted by Gasteiger charge is 2.12. The average molecular weight is 244 g/mol. The fraction of sp³-hybridized carbons (Fsp3) is 0.267. The van der Waals surface area contributed by atoms with Gasteiger partial charge in [0.05, 0.1) is 4.88 Å². The van der Waals surface area contributed by atoms with E-state index in [2.05, 4.69) is 26.0 Å². The molecule has 0 N–H and O–H groups in total. The molecule has 0 fully saturated rings. The van der Waals surface area contributed by atoms with Gasteiger partial charge in [-0.3, -0.25) is 4.79 Å². The lowest BCUT2D eigenvalue weighted by molar-refractivity contribution is 0.0996. The van der Waals surface area contributed by atoms with E-state index in [-0.39, 0.29) is 5.78 Å². The van der Waals surface area contributed by atoms with E-state index >= 15 is 0 Å². The van der Waals surface area contributed by atoms with E-state index in [1.165, 1.54) is 11.1 Å². The maximum atomic E-state index is 12.2. The summed E-state index contributed by atoms with van der Waals surface area (Å²) in [6, 6.07) is 10.2. The number of benzene rings is 1. The molecule has 0 spiro atoms. The van der Waals surface area contributed by atoms with Crippen LogP contribution in [0, 0.1) is 6.92 Å². The summed E-state index contributed by atoms with van der Waals surface area (Å²) >= 11 is 1.56. The molecule has 1 aromatic carbocycles. The van der Waals surface area contributed by atoms with Crippen LogP contribution in [0.2, 0.25) is 0 Å². The van der Waals surface area contributed by atoms with Gasteiger partial charge < -0.3 is 0 Å². The molecule has 1 nitrogen and oxygen atoms in total. The number of hydrogen-bond acceptors (Lipinski definition) is 2. The third-order valence-corrected chi connectivity index (χ3v) is 3.86. The molecule has 2 aromatic rings. The van der Waals surface area contributed by atoms with Crippen molar-refractivity contribution in [3.05, 3.63) is 57.3 Å². The molecule has 0 atom stereocenters. The fourth-order valence-electron chi connectivity index (χ4n) is 1.83. The van der Waals surface area contributed by atoms with E-state index in [9.17, 15) is 4.79 Å². The molecule has 1 heterocycles. The molecule has 0 unspecified atom stereocenters. The Hall–Kier alpha value is -1.41. The summed E-state index contributed by atoms with van der Waals surface area (Å²) in [5, 5.41) is 2.00. The van der Waals surface area contributed by atoms with Gasteiger partial charge in [0.15, 0.2) is 5.78 Å². The number of rotatable bonds is 4. The number of hydrogen-bond donors (Lipinski definition) is 0. The van der Waals surface area contributed by atoms with E-state index in [4.69, 9.17) is 0 Å². The second-order valence-corrected chi connectivity index (χ2v) is 5.13. The highest BCUT2D eigenvalue weighted by Crippen LogP contribution is 2.19. The van der Waals surface area contributed by atoms with Crippen LogP contribution >= 0.6 is 11.3 Å². The minimum atomic E-state index is 0.237. The summed E-state index contributed by atoms with van der Waals surface area (Å²) in [4.78, 5) is 13.1. The van der Waals surface area contributed by atoms with Gasteiger partial charge in [-0.15, -0.1) is 11.3 Å². The average Bonchev–Trinajstić information content (AvgIpc) is 2.80. The van der Waals surface area contributed by atoms with Crippen molar-refractivity contribution in [2.45, 2.75) is 26.7 Å². The van der Waals surface area contributed by atoms with E-state index in [1.54, 1.807) is 11.3 Å². The Balaban J connectivity index is 2.14. The van der Waals surface area contributed by atoms with E-state index < -0.39 is 0 Å². The van der Waals surface area contributed by atoms with Crippen LogP contribution in [-0.4, -0.2) is 5.78 Å². The summed E-state index contributed by atoms with van der Waals surface area (Å²) in [6.07, 6.45) is 1.44. The van der Waals surface area contributed by atoms with Gasteiger partial charge in [-0.25, -0.2) is 0 Å². The Morgan fingerprint density at radius 2 is 1.88 bits per heavy atom. The predicted molar refractivity (Wildman–Crippen MR) is 72.9 cm³/mol. The van der Waals surface area contributed by atoms with Crippen molar-refractivity contribution >= 4 is 17.1 Å². The first kappa shape index (κ1) is 12.1. The Morgan fingerprint density at radius 3 is 2.53 bits per heavy atom. The predicted octanol–water partition coefficient (Wildman–Crippen LogP) is 4.04. The van der Waals surface area contributed by atoms with Crippen molar-refractivity contribution in [3.63, 3.8) is 0 Å². The molecule has 0 amide bonds. The van der Waals surface area contributed by atoms with Crippen LogP contribution in [-0.2, 0) is 12.8 Å². The first-order valence-corrected chi connectivity index (χ1v) is 6.73. The van der Waals surface area contributed by atoms with Gasteiger partial charge in [0.1, 0.15) is 0 Å². The van der Waals surface area contributed by atoms with E-state index in [0.717, 1.165) is 16.9 Å². The Kier molecular flexibility index (Phi) is 3.75. The zero-order chi connectivity index (χ0) is 12.3. The number of Topliss-reactive ketones (excluding diaryl/α,β-unsaturated/α-hetero) is 1. The second kappa shape index (κ2) is 5.28. The summed E-state index contributed by atoms with van der Waals surface area (Å²) in [5.41, 5.74) is 3.50. The highest BCUT2D eigenvalue weighted by atomic mass is 32.1. The Labute approximate surface area is 106 Å². The Bertz CT molecular complexity index is 508. The first-order chi connectivity index (χ1) is 8.20. The molecule has 0 aliphatic rings. The van der Waals surface area contributed by atoms with Crippen molar-refractivity contribution in [2.24, 2.45) is 0 Å². The minimum absolute atomic E-state index is 0.237. The third-order valence-electron chi connectivity index (χ3n) is 2.87. The molecule has 2 rings (SSSR count). The molecule has 0 aliphatic carbocycles. The van der Waals surface area contributed by atoms with Crippen molar-refractivity contribution in [3.8, 4) is 0 Å². The fourth-order valence-corrected chi connectivity index (χ4v) is 2.77. The number of ketones is 1. The molecule has 2 heteroatoms. The van der Waals surface area contributed by atoms with Gasteiger partial charge in [-0.2, -0.15) is 0 Å². The molecule has 0 saturated heterocycles. The lowest BCUT2D eigenvalue weighted by Crippen LogP contribution is -2.03. The molecule has 88 valence electrons. The van der Waals surface area contributed by atoms with Crippen LogP contribution in [0.25, 0.3) is 0 Å². The van der Waals surface area contributed by atoms with Crippen LogP contribution in [0.5, 0.6) is 0 Å². The van der Waals surface area contributed by atoms with E-state index in [1.807, 2.05) is 23.6 Å². The van der Waals surface area contributed by atoms with E-state index in [0.29, 0.717) is 6.42 Å². The van der Waals surface area contributed by atoms with Crippen LogP contribution in [0.4, 0.5) is 0 Å². The molecule has 0 bridgehead atoms. The van der Waals surface area contributed by atoms with Gasteiger partial charge in [0.2, 0.25) is 0 Å². The summed E-state index contributed by atoms with van der Waals surface area (Å²) < 4.78 is 0. The van der Waals surface area contributed by atoms with Crippen molar-refractivity contribution in [1.82, 2.24) is 0 Å². The van der Waals surface area contributed by atoms with Crippen molar-refractivity contribution < 1.29 is 4.79 Å². The lowest BCUT2D eigenvalue weighted by atomic mass is 10.0. The topological polar surface area (TPSA) is 17.1 Å². The van der Waals surface area contributed by atoms with Crippen LogP contribution in [0.3, 0.4) is 0 Å². The quantitative estimate of drug-likeness (QED) is 0.742. The summed E-state index contributed by atoms with van der Waals surface area (Å²) in [6.45, 7) is 4.14. The highest BCUT2D eigenvalue weighted by molar-refractivity contribution is 7.12. The molecular weight excluding hydrogens is 228 g/mol. The number of carbonyl (C=O) groups excluding carboxylic acids is 1. The monoisotopic (exact) mass is 244 g/mol. The largest absolute Gasteiger partial charge is 0.293 e. The summed E-state index contributed by atoms with van der Waals surface area (Å²) in [5.74, 6) is 0.237. The first-order valence-electron chi connectivity index (χ1n) is 5.86. The number of carbonyl (C=O) groups is 1. The third kappa shape index (κ3) is 2.83. The molecule has 1 aromatic heterocycles. The van der Waals surface area contributed by atoms with Crippen molar-refractivity contribution in [2.75, 3.05) is 0 Å². The smallest absolute Gasteiger partial charge is 0.177 e. The zero-order valence-electron chi connectivity index (χ0n) is 10.2. The zero-order valence-corrected chi connectivity index (χ0v) is 11.0. The van der Waals surface area contributed by atoms with Gasteiger partial charge in [0, 0.05) is 6.42 Å². The van der Waals surface area contributed by atoms with Gasteiger partial charge in [-0.05, 0) is 35.9 Å². The maximum Gasteiger partial charge on any atom is 0.177 e. The van der Waals surface area contributed by atoms with Gasteiger partial charge in [0.25, 0.3) is 0 Å². The van der Waals surface area contributed by atoms with Gasteiger partial charge >= 0.3 is 0 Å². The van der Waals surface area contributed by atoms with Crippen molar-refractivity contribution in [1.29, 1.82) is 0 Å². The van der Waals surface area contributed by atoms with Crippen LogP contribution in [0.15, 0.2) is 35.7 Å². The molecule has 0 aliphatic heterocycles. The van der Waals surface area contributed by atoms with Gasteiger partial charge in [-0.1, -0.05) is 36.8 Å². The van der Waals surface area contributed by atoms with Crippen LogP contribution < -0.4 is 0 Å². The SMILES string of the molecule is CCc1ccsc1C(=O)Cc1ccc(C)cc1. The number of thiophene rings is 1. The van der Waals surface area contributed by atoms with Crippen LogP contribution in [0.1, 0.15) is 33.3 Å².